The van der Waals surface area contributed by atoms with E-state index in [1.165, 1.54) is 12.2 Å². The van der Waals surface area contributed by atoms with Crippen LogP contribution >= 0.6 is 11.8 Å². The van der Waals surface area contributed by atoms with Crippen LogP contribution in [0.4, 0.5) is 0 Å². The number of rotatable bonds is 5. The summed E-state index contributed by atoms with van der Waals surface area (Å²) in [7, 11) is 2.04. The number of hydrogen-bond acceptors (Lipinski definition) is 3. The van der Waals surface area contributed by atoms with Gasteiger partial charge in [-0.2, -0.15) is 11.8 Å². The third-order valence-electron chi connectivity index (χ3n) is 3.50. The van der Waals surface area contributed by atoms with Crippen molar-refractivity contribution in [1.29, 1.82) is 0 Å². The van der Waals surface area contributed by atoms with Crippen molar-refractivity contribution < 1.29 is 9.90 Å². The lowest BCUT2D eigenvalue weighted by Gasteiger charge is -2.26. The molecule has 1 aliphatic rings. The van der Waals surface area contributed by atoms with E-state index >= 15 is 0 Å². The molecule has 18 heavy (non-hydrogen) atoms. The van der Waals surface area contributed by atoms with Gasteiger partial charge in [-0.3, -0.25) is 4.79 Å². The van der Waals surface area contributed by atoms with Gasteiger partial charge in [-0.15, -0.1) is 0 Å². The Hall–Kier alpha value is -1.00. The molecule has 3 nitrogen and oxygen atoms in total. The van der Waals surface area contributed by atoms with Gasteiger partial charge in [0.25, 0.3) is 0 Å². The van der Waals surface area contributed by atoms with E-state index in [-0.39, 0.29) is 0 Å². The minimum absolute atomic E-state index is 0.429. The van der Waals surface area contributed by atoms with Gasteiger partial charge in [0.15, 0.2) is 0 Å². The number of carbonyl (C=O) groups is 1. The zero-order valence-corrected chi connectivity index (χ0v) is 11.4. The second-order valence-corrected chi connectivity index (χ2v) is 5.91. The van der Waals surface area contributed by atoms with Gasteiger partial charge >= 0.3 is 5.97 Å². The molecule has 98 valence electrons. The van der Waals surface area contributed by atoms with Crippen LogP contribution in [0.5, 0.6) is 0 Å². The van der Waals surface area contributed by atoms with E-state index in [1.54, 1.807) is 0 Å². The maximum absolute atomic E-state index is 11.4. The quantitative estimate of drug-likeness (QED) is 0.887. The van der Waals surface area contributed by atoms with Gasteiger partial charge in [-0.1, -0.05) is 30.3 Å². The lowest BCUT2D eigenvalue weighted by molar-refractivity contribution is -0.139. The highest BCUT2D eigenvalue weighted by Gasteiger charge is 2.26. The van der Waals surface area contributed by atoms with Crippen molar-refractivity contribution in [2.45, 2.75) is 18.4 Å². The third-order valence-corrected chi connectivity index (χ3v) is 4.64. The first-order chi connectivity index (χ1) is 8.68. The molecule has 1 aromatic carbocycles. The summed E-state index contributed by atoms with van der Waals surface area (Å²) in [5, 5.41) is 9.39. The van der Waals surface area contributed by atoms with Crippen molar-refractivity contribution >= 4 is 17.7 Å². The minimum atomic E-state index is -0.737. The van der Waals surface area contributed by atoms with Crippen LogP contribution < -0.4 is 0 Å². The molecule has 2 unspecified atom stereocenters. The zero-order chi connectivity index (χ0) is 13.0. The molecule has 1 saturated heterocycles. The molecular formula is C14H19NO2S. The maximum Gasteiger partial charge on any atom is 0.312 e. The van der Waals surface area contributed by atoms with Gasteiger partial charge < -0.3 is 10.0 Å². The van der Waals surface area contributed by atoms with E-state index in [0.29, 0.717) is 12.6 Å². The number of thioether (sulfide) groups is 1. The minimum Gasteiger partial charge on any atom is -0.481 e. The van der Waals surface area contributed by atoms with Crippen molar-refractivity contribution in [2.24, 2.45) is 0 Å². The van der Waals surface area contributed by atoms with E-state index < -0.39 is 11.9 Å². The first kappa shape index (κ1) is 13.4. The summed E-state index contributed by atoms with van der Waals surface area (Å²) in [6, 6.07) is 10.0. The predicted octanol–water partition coefficient (Wildman–Crippen LogP) is 2.29. The third kappa shape index (κ3) is 3.27. The van der Waals surface area contributed by atoms with E-state index in [2.05, 4.69) is 4.90 Å². The van der Waals surface area contributed by atoms with Gasteiger partial charge in [-0.05, 0) is 24.8 Å². The molecule has 1 N–H and O–H groups in total. The van der Waals surface area contributed by atoms with Gasteiger partial charge in [-0.25, -0.2) is 0 Å². The standard InChI is InChI=1S/C14H19NO2S/c1-15(12-7-8-18-10-12)9-13(14(16)17)11-5-3-2-4-6-11/h2-6,12-13H,7-10H2,1H3,(H,16,17). The van der Waals surface area contributed by atoms with Crippen molar-refractivity contribution in [3.63, 3.8) is 0 Å². The Labute approximate surface area is 112 Å². The Morgan fingerprint density at radius 2 is 2.22 bits per heavy atom. The second kappa shape index (κ2) is 6.25. The Kier molecular flexibility index (Phi) is 4.66. The van der Waals surface area contributed by atoms with Crippen molar-refractivity contribution in [3.8, 4) is 0 Å². The zero-order valence-electron chi connectivity index (χ0n) is 10.6. The number of carboxylic acids is 1. The van der Waals surface area contributed by atoms with Crippen molar-refractivity contribution in [1.82, 2.24) is 4.90 Å². The average Bonchev–Trinajstić information content (AvgIpc) is 2.90. The van der Waals surface area contributed by atoms with Crippen molar-refractivity contribution in [2.75, 3.05) is 25.1 Å². The monoisotopic (exact) mass is 265 g/mol. The van der Waals surface area contributed by atoms with E-state index in [9.17, 15) is 9.90 Å². The normalized spacial score (nSPS) is 21.1. The summed E-state index contributed by atoms with van der Waals surface area (Å²) in [6.07, 6.45) is 1.17. The number of hydrogen-bond donors (Lipinski definition) is 1. The molecule has 0 bridgehead atoms. The molecule has 1 aliphatic heterocycles. The highest BCUT2D eigenvalue weighted by atomic mass is 32.2. The molecule has 0 aliphatic carbocycles. The fraction of sp³-hybridized carbons (Fsp3) is 0.500. The molecule has 0 spiro atoms. The van der Waals surface area contributed by atoms with Crippen LogP contribution in [0.2, 0.25) is 0 Å². The van der Waals surface area contributed by atoms with Crippen LogP contribution in [0.1, 0.15) is 17.9 Å². The molecule has 4 heteroatoms. The highest BCUT2D eigenvalue weighted by Crippen LogP contribution is 2.24. The summed E-state index contributed by atoms with van der Waals surface area (Å²) < 4.78 is 0. The Bertz CT molecular complexity index is 390. The molecule has 1 aromatic rings. The molecule has 1 fully saturated rings. The van der Waals surface area contributed by atoms with E-state index in [0.717, 1.165) is 11.3 Å². The van der Waals surface area contributed by atoms with Crippen LogP contribution in [-0.4, -0.2) is 47.1 Å². The van der Waals surface area contributed by atoms with Crippen LogP contribution in [-0.2, 0) is 4.79 Å². The maximum atomic E-state index is 11.4. The van der Waals surface area contributed by atoms with Gasteiger partial charge in [0.2, 0.25) is 0 Å². The number of aliphatic carboxylic acids is 1. The lowest BCUT2D eigenvalue weighted by Crippen LogP contribution is -2.37. The summed E-state index contributed by atoms with van der Waals surface area (Å²) in [5.41, 5.74) is 0.891. The summed E-state index contributed by atoms with van der Waals surface area (Å²) in [6.45, 7) is 0.588. The summed E-state index contributed by atoms with van der Waals surface area (Å²) in [5.74, 6) is 1.15. The molecule has 2 rings (SSSR count). The lowest BCUT2D eigenvalue weighted by atomic mass is 9.98. The number of likely N-dealkylation sites (N-methyl/N-ethyl adjacent to an activating group) is 1. The largest absolute Gasteiger partial charge is 0.481 e. The second-order valence-electron chi connectivity index (χ2n) is 4.76. The van der Waals surface area contributed by atoms with Crippen LogP contribution in [0.3, 0.4) is 0 Å². The summed E-state index contributed by atoms with van der Waals surface area (Å²) >= 11 is 1.95. The van der Waals surface area contributed by atoms with Gasteiger partial charge in [0.1, 0.15) is 0 Å². The Morgan fingerprint density at radius 3 is 2.78 bits per heavy atom. The first-order valence-electron chi connectivity index (χ1n) is 6.24. The molecule has 0 aromatic heterocycles. The molecule has 0 saturated carbocycles. The number of benzene rings is 1. The van der Waals surface area contributed by atoms with E-state index in [4.69, 9.17) is 0 Å². The first-order valence-corrected chi connectivity index (χ1v) is 7.39. The Morgan fingerprint density at radius 1 is 1.50 bits per heavy atom. The van der Waals surface area contributed by atoms with Crippen LogP contribution in [0, 0.1) is 0 Å². The molecule has 0 radical (unpaired) electrons. The molecule has 0 amide bonds. The smallest absolute Gasteiger partial charge is 0.312 e. The summed E-state index contributed by atoms with van der Waals surface area (Å²) in [4.78, 5) is 13.6. The predicted molar refractivity (Wildman–Crippen MR) is 75.2 cm³/mol. The van der Waals surface area contributed by atoms with Crippen LogP contribution in [0.15, 0.2) is 30.3 Å². The SMILES string of the molecule is CN(CC(C(=O)O)c1ccccc1)C1CCSC1. The molecular weight excluding hydrogens is 246 g/mol. The number of nitrogens with zero attached hydrogens (tertiary/aromatic N) is 1. The topological polar surface area (TPSA) is 40.5 Å². The fourth-order valence-electron chi connectivity index (χ4n) is 2.32. The van der Waals surface area contributed by atoms with Gasteiger partial charge in [0, 0.05) is 18.3 Å². The van der Waals surface area contributed by atoms with Crippen LogP contribution in [0.25, 0.3) is 0 Å². The fourth-order valence-corrected chi connectivity index (χ4v) is 3.62. The van der Waals surface area contributed by atoms with E-state index in [1.807, 2.05) is 49.1 Å². The molecule has 1 heterocycles. The average molecular weight is 265 g/mol. The highest BCUT2D eigenvalue weighted by molar-refractivity contribution is 7.99. The van der Waals surface area contributed by atoms with Crippen molar-refractivity contribution in [3.05, 3.63) is 35.9 Å². The Balaban J connectivity index is 2.04. The molecule has 2 atom stereocenters. The van der Waals surface area contributed by atoms with Gasteiger partial charge in [0.05, 0.1) is 5.92 Å². The number of carboxylic acid groups (broad SMARTS) is 1.